The van der Waals surface area contributed by atoms with E-state index in [4.69, 9.17) is 11.6 Å². The third-order valence-corrected chi connectivity index (χ3v) is 6.20. The molecule has 1 unspecified atom stereocenters. The van der Waals surface area contributed by atoms with Gasteiger partial charge in [0.2, 0.25) is 15.9 Å². The first-order valence-electron chi connectivity index (χ1n) is 7.95. The summed E-state index contributed by atoms with van der Waals surface area (Å²) in [6.45, 7) is 2.47. The number of benzene rings is 2. The fraction of sp³-hybridized carbons (Fsp3) is 0.278. The molecule has 1 fully saturated rings. The van der Waals surface area contributed by atoms with Crippen LogP contribution >= 0.6 is 11.6 Å². The van der Waals surface area contributed by atoms with E-state index in [0.29, 0.717) is 22.7 Å². The van der Waals surface area contributed by atoms with Gasteiger partial charge in [0.25, 0.3) is 0 Å². The molecule has 7 heteroatoms. The van der Waals surface area contributed by atoms with Gasteiger partial charge in [-0.3, -0.25) is 4.79 Å². The number of sulfonamides is 1. The van der Waals surface area contributed by atoms with Crippen molar-refractivity contribution >= 4 is 27.5 Å². The second-order valence-electron chi connectivity index (χ2n) is 6.10. The fourth-order valence-electron chi connectivity index (χ4n) is 2.92. The van der Waals surface area contributed by atoms with Crippen molar-refractivity contribution in [2.45, 2.75) is 18.7 Å². The van der Waals surface area contributed by atoms with Crippen molar-refractivity contribution in [3.63, 3.8) is 0 Å². The van der Waals surface area contributed by atoms with Crippen LogP contribution < -0.4 is 5.32 Å². The van der Waals surface area contributed by atoms with E-state index in [1.54, 1.807) is 36.4 Å². The van der Waals surface area contributed by atoms with Crippen molar-refractivity contribution in [1.82, 2.24) is 9.62 Å². The molecule has 0 aliphatic carbocycles. The largest absolute Gasteiger partial charge is 0.353 e. The standard InChI is InChI=1S/C18H19ClN2O3S/c1-13-5-7-14(8-6-13)12-25(23,24)21-10-9-20-18(22)17(21)15-3-2-4-16(19)11-15/h2-8,11,17H,9-10,12H2,1H3,(H,20,22). The molecular formula is C18H19ClN2O3S. The molecule has 1 atom stereocenters. The summed E-state index contributed by atoms with van der Waals surface area (Å²) in [6, 6.07) is 13.2. The molecular weight excluding hydrogens is 360 g/mol. The van der Waals surface area contributed by atoms with E-state index >= 15 is 0 Å². The second-order valence-corrected chi connectivity index (χ2v) is 8.46. The Bertz CT molecular complexity index is 881. The molecule has 0 bridgehead atoms. The summed E-state index contributed by atoms with van der Waals surface area (Å²) in [5.41, 5.74) is 2.33. The van der Waals surface area contributed by atoms with Crippen molar-refractivity contribution in [3.8, 4) is 0 Å². The Morgan fingerprint density at radius 2 is 1.92 bits per heavy atom. The van der Waals surface area contributed by atoms with Gasteiger partial charge in [0, 0.05) is 18.1 Å². The zero-order valence-electron chi connectivity index (χ0n) is 13.8. The highest BCUT2D eigenvalue weighted by atomic mass is 35.5. The zero-order valence-corrected chi connectivity index (χ0v) is 15.3. The maximum Gasteiger partial charge on any atom is 0.243 e. The Hall–Kier alpha value is -1.89. The SMILES string of the molecule is Cc1ccc(CS(=O)(=O)N2CCNC(=O)C2c2cccc(Cl)c2)cc1. The molecule has 0 saturated carbocycles. The molecule has 1 heterocycles. The van der Waals surface area contributed by atoms with Crippen LogP contribution in [-0.2, 0) is 20.6 Å². The number of carbonyl (C=O) groups is 1. The van der Waals surface area contributed by atoms with Crippen molar-refractivity contribution in [2.75, 3.05) is 13.1 Å². The Morgan fingerprint density at radius 1 is 1.20 bits per heavy atom. The van der Waals surface area contributed by atoms with E-state index < -0.39 is 16.1 Å². The van der Waals surface area contributed by atoms with Crippen LogP contribution in [0.15, 0.2) is 48.5 Å². The number of halogens is 1. The number of nitrogens with zero attached hydrogens (tertiary/aromatic N) is 1. The van der Waals surface area contributed by atoms with Gasteiger partial charge in [0.15, 0.2) is 0 Å². The van der Waals surface area contributed by atoms with Gasteiger partial charge >= 0.3 is 0 Å². The molecule has 5 nitrogen and oxygen atoms in total. The normalized spacial score (nSPS) is 18.8. The lowest BCUT2D eigenvalue weighted by atomic mass is 10.0. The first-order valence-corrected chi connectivity index (χ1v) is 9.94. The van der Waals surface area contributed by atoms with Gasteiger partial charge in [-0.25, -0.2) is 8.42 Å². The van der Waals surface area contributed by atoms with Gasteiger partial charge in [-0.1, -0.05) is 53.6 Å². The lowest BCUT2D eigenvalue weighted by Crippen LogP contribution is -2.52. The van der Waals surface area contributed by atoms with Gasteiger partial charge in [-0.2, -0.15) is 4.31 Å². The summed E-state index contributed by atoms with van der Waals surface area (Å²) in [7, 11) is -3.66. The van der Waals surface area contributed by atoms with E-state index in [-0.39, 0.29) is 18.2 Å². The van der Waals surface area contributed by atoms with Crippen LogP contribution in [0.3, 0.4) is 0 Å². The number of nitrogens with one attached hydrogen (secondary N) is 1. The Morgan fingerprint density at radius 3 is 2.60 bits per heavy atom. The molecule has 25 heavy (non-hydrogen) atoms. The maximum absolute atomic E-state index is 13.0. The van der Waals surface area contributed by atoms with Crippen molar-refractivity contribution in [1.29, 1.82) is 0 Å². The number of carbonyl (C=O) groups excluding carboxylic acids is 1. The first kappa shape index (κ1) is 17.9. The third-order valence-electron chi connectivity index (χ3n) is 4.16. The van der Waals surface area contributed by atoms with Crippen molar-refractivity contribution in [2.24, 2.45) is 0 Å². The minimum absolute atomic E-state index is 0.141. The number of hydrogen-bond acceptors (Lipinski definition) is 3. The van der Waals surface area contributed by atoms with E-state index in [2.05, 4.69) is 5.32 Å². The second kappa shape index (κ2) is 7.15. The van der Waals surface area contributed by atoms with Gasteiger partial charge in [0.05, 0.1) is 5.75 Å². The average Bonchev–Trinajstić information content (AvgIpc) is 2.56. The average molecular weight is 379 g/mol. The Labute approximate surface area is 152 Å². The van der Waals surface area contributed by atoms with Crippen LogP contribution in [0.5, 0.6) is 0 Å². The highest BCUT2D eigenvalue weighted by Crippen LogP contribution is 2.29. The van der Waals surface area contributed by atoms with Crippen LogP contribution in [0, 0.1) is 6.92 Å². The van der Waals surface area contributed by atoms with E-state index in [9.17, 15) is 13.2 Å². The molecule has 1 aliphatic heterocycles. The summed E-state index contributed by atoms with van der Waals surface area (Å²) in [4.78, 5) is 12.4. The van der Waals surface area contributed by atoms with Crippen molar-refractivity contribution < 1.29 is 13.2 Å². The first-order chi connectivity index (χ1) is 11.9. The molecule has 1 aliphatic rings. The summed E-state index contributed by atoms with van der Waals surface area (Å²) in [6.07, 6.45) is 0. The topological polar surface area (TPSA) is 66.5 Å². The van der Waals surface area contributed by atoms with Crippen LogP contribution in [0.25, 0.3) is 0 Å². The Kier molecular flexibility index (Phi) is 5.13. The van der Waals surface area contributed by atoms with Crippen LogP contribution in [0.1, 0.15) is 22.7 Å². The molecule has 1 saturated heterocycles. The quantitative estimate of drug-likeness (QED) is 0.889. The van der Waals surface area contributed by atoms with Crippen molar-refractivity contribution in [3.05, 3.63) is 70.2 Å². The fourth-order valence-corrected chi connectivity index (χ4v) is 4.80. The highest BCUT2D eigenvalue weighted by Gasteiger charge is 2.38. The van der Waals surface area contributed by atoms with Crippen LogP contribution in [0.4, 0.5) is 0 Å². The molecule has 1 amide bonds. The van der Waals surface area contributed by atoms with E-state index in [0.717, 1.165) is 5.56 Å². The Balaban J connectivity index is 1.94. The summed E-state index contributed by atoms with van der Waals surface area (Å²) in [5, 5.41) is 3.20. The monoisotopic (exact) mass is 378 g/mol. The van der Waals surface area contributed by atoms with Gasteiger partial charge in [0.1, 0.15) is 6.04 Å². The van der Waals surface area contributed by atoms with Gasteiger partial charge < -0.3 is 5.32 Å². The van der Waals surface area contributed by atoms with Gasteiger partial charge in [-0.15, -0.1) is 0 Å². The lowest BCUT2D eigenvalue weighted by molar-refractivity contribution is -0.126. The predicted molar refractivity (Wildman–Crippen MR) is 97.7 cm³/mol. The van der Waals surface area contributed by atoms with Crippen LogP contribution in [-0.4, -0.2) is 31.7 Å². The van der Waals surface area contributed by atoms with E-state index in [1.165, 1.54) is 4.31 Å². The number of aryl methyl sites for hydroxylation is 1. The summed E-state index contributed by atoms with van der Waals surface area (Å²) < 4.78 is 27.2. The number of hydrogen-bond donors (Lipinski definition) is 1. The smallest absolute Gasteiger partial charge is 0.243 e. The summed E-state index contributed by atoms with van der Waals surface area (Å²) in [5.74, 6) is -0.474. The zero-order chi connectivity index (χ0) is 18.0. The van der Waals surface area contributed by atoms with Gasteiger partial charge in [-0.05, 0) is 30.2 Å². The highest BCUT2D eigenvalue weighted by molar-refractivity contribution is 7.88. The number of amides is 1. The summed E-state index contributed by atoms with van der Waals surface area (Å²) >= 11 is 6.02. The minimum Gasteiger partial charge on any atom is -0.353 e. The molecule has 132 valence electrons. The third kappa shape index (κ3) is 4.03. The molecule has 1 N–H and O–H groups in total. The molecule has 3 rings (SSSR count). The molecule has 0 aromatic heterocycles. The number of piperazine rings is 1. The van der Waals surface area contributed by atoms with Crippen LogP contribution in [0.2, 0.25) is 5.02 Å². The molecule has 0 spiro atoms. The lowest BCUT2D eigenvalue weighted by Gasteiger charge is -2.34. The molecule has 0 radical (unpaired) electrons. The minimum atomic E-state index is -3.66. The predicted octanol–water partition coefficient (Wildman–Crippen LogP) is 2.65. The molecule has 2 aromatic rings. The van der Waals surface area contributed by atoms with E-state index in [1.807, 2.05) is 19.1 Å². The maximum atomic E-state index is 13.0. The number of rotatable bonds is 4. The molecule has 2 aromatic carbocycles.